The van der Waals surface area contributed by atoms with Gasteiger partial charge in [0.1, 0.15) is 5.75 Å². The van der Waals surface area contributed by atoms with E-state index in [0.29, 0.717) is 5.92 Å². The lowest BCUT2D eigenvalue weighted by Crippen LogP contribution is -2.21. The average molecular weight is 240 g/mol. The van der Waals surface area contributed by atoms with Gasteiger partial charge in [-0.05, 0) is 23.6 Å². The summed E-state index contributed by atoms with van der Waals surface area (Å²) in [6.07, 6.45) is 0. The van der Waals surface area contributed by atoms with Gasteiger partial charge in [-0.2, -0.15) is 0 Å². The molecular weight excluding hydrogens is 222 g/mol. The summed E-state index contributed by atoms with van der Waals surface area (Å²) in [6.45, 7) is 6.58. The van der Waals surface area contributed by atoms with Crippen LogP contribution in [0.5, 0.6) is 5.75 Å². The van der Waals surface area contributed by atoms with E-state index in [1.165, 1.54) is 5.56 Å². The van der Waals surface area contributed by atoms with E-state index in [0.717, 1.165) is 23.9 Å². The Balaban J connectivity index is 2.42. The van der Waals surface area contributed by atoms with Crippen LogP contribution in [0.25, 0.3) is 0 Å². The van der Waals surface area contributed by atoms with Crippen LogP contribution in [0.4, 0.5) is 0 Å². The fraction of sp³-hybridized carbons (Fsp3) is 0.538. The summed E-state index contributed by atoms with van der Waals surface area (Å²) in [5.41, 5.74) is 1.46. The second-order valence-electron chi connectivity index (χ2n) is 5.06. The molecule has 16 heavy (non-hydrogen) atoms. The maximum atomic E-state index is 6.07. The first-order chi connectivity index (χ1) is 7.54. The molecule has 0 spiro atoms. The predicted molar refractivity (Wildman–Crippen MR) is 67.4 cm³/mol. The Hall–Kier alpha value is -0.730. The zero-order valence-corrected chi connectivity index (χ0v) is 10.8. The van der Waals surface area contributed by atoms with E-state index in [-0.39, 0.29) is 5.41 Å². The highest BCUT2D eigenvalue weighted by Crippen LogP contribution is 2.42. The Labute approximate surface area is 102 Å². The van der Waals surface area contributed by atoms with Crippen molar-refractivity contribution in [3.8, 4) is 5.75 Å². The molecule has 1 aromatic carbocycles. The molecule has 0 aromatic heterocycles. The van der Waals surface area contributed by atoms with Crippen molar-refractivity contribution in [2.24, 2.45) is 5.41 Å². The number of benzene rings is 1. The first-order valence-corrected chi connectivity index (χ1v) is 5.96. The molecule has 1 aliphatic heterocycles. The van der Waals surface area contributed by atoms with Gasteiger partial charge in [0, 0.05) is 29.6 Å². The second kappa shape index (κ2) is 4.27. The van der Waals surface area contributed by atoms with Crippen LogP contribution in [-0.2, 0) is 0 Å². The standard InChI is InChI=1S/C13H18ClNO/c1-13(2)8-15-7-11(13)10-6-9(14)4-5-12(10)16-3/h4-6,11,15H,7-8H2,1-3H3. The molecule has 1 unspecified atom stereocenters. The van der Waals surface area contributed by atoms with Gasteiger partial charge in [0.2, 0.25) is 0 Å². The molecule has 1 aliphatic rings. The summed E-state index contributed by atoms with van der Waals surface area (Å²) in [4.78, 5) is 0. The number of halogens is 1. The monoisotopic (exact) mass is 239 g/mol. The van der Waals surface area contributed by atoms with Gasteiger partial charge in [0.25, 0.3) is 0 Å². The molecule has 1 heterocycles. The molecule has 0 bridgehead atoms. The molecular formula is C13H18ClNO. The van der Waals surface area contributed by atoms with Crippen LogP contribution in [0.15, 0.2) is 18.2 Å². The van der Waals surface area contributed by atoms with Crippen LogP contribution < -0.4 is 10.1 Å². The van der Waals surface area contributed by atoms with Crippen molar-refractivity contribution < 1.29 is 4.74 Å². The van der Waals surface area contributed by atoms with E-state index < -0.39 is 0 Å². The van der Waals surface area contributed by atoms with Gasteiger partial charge in [-0.25, -0.2) is 0 Å². The van der Waals surface area contributed by atoms with Crippen molar-refractivity contribution in [2.45, 2.75) is 19.8 Å². The van der Waals surface area contributed by atoms with Crippen molar-refractivity contribution in [3.63, 3.8) is 0 Å². The zero-order chi connectivity index (χ0) is 11.8. The van der Waals surface area contributed by atoms with Gasteiger partial charge in [-0.3, -0.25) is 0 Å². The fourth-order valence-electron chi connectivity index (χ4n) is 2.45. The predicted octanol–water partition coefficient (Wildman–Crippen LogP) is 3.06. The Morgan fingerprint density at radius 2 is 2.19 bits per heavy atom. The molecule has 88 valence electrons. The third-order valence-corrected chi connectivity index (χ3v) is 3.67. The maximum Gasteiger partial charge on any atom is 0.122 e. The number of hydrogen-bond acceptors (Lipinski definition) is 2. The van der Waals surface area contributed by atoms with Crippen molar-refractivity contribution in [1.82, 2.24) is 5.32 Å². The molecule has 1 atom stereocenters. The van der Waals surface area contributed by atoms with Gasteiger partial charge in [0.15, 0.2) is 0 Å². The van der Waals surface area contributed by atoms with Crippen LogP contribution in [0.1, 0.15) is 25.3 Å². The number of hydrogen-bond donors (Lipinski definition) is 1. The van der Waals surface area contributed by atoms with Gasteiger partial charge in [0.05, 0.1) is 7.11 Å². The van der Waals surface area contributed by atoms with Crippen LogP contribution in [-0.4, -0.2) is 20.2 Å². The summed E-state index contributed by atoms with van der Waals surface area (Å²) in [6, 6.07) is 5.85. The van der Waals surface area contributed by atoms with E-state index in [1.54, 1.807) is 7.11 Å². The summed E-state index contributed by atoms with van der Waals surface area (Å²) in [7, 11) is 1.71. The normalized spacial score (nSPS) is 23.4. The quantitative estimate of drug-likeness (QED) is 0.857. The molecule has 1 aromatic rings. The summed E-state index contributed by atoms with van der Waals surface area (Å²) in [5.74, 6) is 1.40. The van der Waals surface area contributed by atoms with Crippen LogP contribution in [0, 0.1) is 5.41 Å². The van der Waals surface area contributed by atoms with E-state index in [2.05, 4.69) is 19.2 Å². The third kappa shape index (κ3) is 2.04. The Morgan fingerprint density at radius 1 is 1.44 bits per heavy atom. The Kier molecular flexibility index (Phi) is 3.13. The lowest BCUT2D eigenvalue weighted by molar-refractivity contribution is 0.345. The van der Waals surface area contributed by atoms with E-state index >= 15 is 0 Å². The van der Waals surface area contributed by atoms with Gasteiger partial charge < -0.3 is 10.1 Å². The highest BCUT2D eigenvalue weighted by Gasteiger charge is 2.36. The number of ether oxygens (including phenoxy) is 1. The summed E-state index contributed by atoms with van der Waals surface area (Å²) >= 11 is 6.07. The smallest absolute Gasteiger partial charge is 0.122 e. The number of methoxy groups -OCH3 is 1. The molecule has 2 rings (SSSR count). The summed E-state index contributed by atoms with van der Waals surface area (Å²) in [5, 5.41) is 4.21. The molecule has 0 saturated carbocycles. The van der Waals surface area contributed by atoms with Crippen LogP contribution >= 0.6 is 11.6 Å². The first-order valence-electron chi connectivity index (χ1n) is 5.59. The Bertz CT molecular complexity index is 390. The third-order valence-electron chi connectivity index (χ3n) is 3.44. The van der Waals surface area contributed by atoms with Gasteiger partial charge >= 0.3 is 0 Å². The topological polar surface area (TPSA) is 21.3 Å². The minimum atomic E-state index is 0.248. The molecule has 2 nitrogen and oxygen atoms in total. The highest BCUT2D eigenvalue weighted by atomic mass is 35.5. The minimum absolute atomic E-state index is 0.248. The van der Waals surface area contributed by atoms with Crippen LogP contribution in [0.3, 0.4) is 0 Å². The molecule has 0 amide bonds. The number of nitrogens with one attached hydrogen (secondary N) is 1. The summed E-state index contributed by atoms with van der Waals surface area (Å²) < 4.78 is 5.42. The molecule has 1 saturated heterocycles. The maximum absolute atomic E-state index is 6.07. The average Bonchev–Trinajstić information content (AvgIpc) is 2.58. The lowest BCUT2D eigenvalue weighted by Gasteiger charge is -2.27. The van der Waals surface area contributed by atoms with Gasteiger partial charge in [-0.15, -0.1) is 0 Å². The van der Waals surface area contributed by atoms with E-state index in [4.69, 9.17) is 16.3 Å². The van der Waals surface area contributed by atoms with Crippen molar-refractivity contribution in [1.29, 1.82) is 0 Å². The zero-order valence-electron chi connectivity index (χ0n) is 10.0. The molecule has 0 radical (unpaired) electrons. The SMILES string of the molecule is COc1ccc(Cl)cc1C1CNCC1(C)C. The minimum Gasteiger partial charge on any atom is -0.496 e. The lowest BCUT2D eigenvalue weighted by atomic mass is 9.77. The largest absolute Gasteiger partial charge is 0.496 e. The van der Waals surface area contributed by atoms with Crippen molar-refractivity contribution >= 4 is 11.6 Å². The molecule has 1 N–H and O–H groups in total. The fourth-order valence-corrected chi connectivity index (χ4v) is 2.63. The molecule has 1 fully saturated rings. The Morgan fingerprint density at radius 3 is 2.75 bits per heavy atom. The number of rotatable bonds is 2. The molecule has 0 aliphatic carbocycles. The van der Waals surface area contributed by atoms with Gasteiger partial charge in [-0.1, -0.05) is 25.4 Å². The van der Waals surface area contributed by atoms with Crippen molar-refractivity contribution in [2.75, 3.05) is 20.2 Å². The van der Waals surface area contributed by atoms with E-state index in [9.17, 15) is 0 Å². The van der Waals surface area contributed by atoms with Crippen molar-refractivity contribution in [3.05, 3.63) is 28.8 Å². The first kappa shape index (κ1) is 11.7. The second-order valence-corrected chi connectivity index (χ2v) is 5.49. The van der Waals surface area contributed by atoms with Crippen LogP contribution in [0.2, 0.25) is 5.02 Å². The highest BCUT2D eigenvalue weighted by molar-refractivity contribution is 6.30. The van der Waals surface area contributed by atoms with E-state index in [1.807, 2.05) is 18.2 Å². The molecule has 3 heteroatoms.